The minimum Gasteiger partial charge on any atom is -0.342 e. The van der Waals surface area contributed by atoms with E-state index in [1.54, 1.807) is 6.33 Å². The number of hydrogen-bond donors (Lipinski definition) is 1. The van der Waals surface area contributed by atoms with Crippen molar-refractivity contribution in [2.24, 2.45) is 0 Å². The lowest BCUT2D eigenvalue weighted by Crippen LogP contribution is -1.91. The minimum atomic E-state index is 0.676. The molecule has 2 aromatic carbocycles. The van der Waals surface area contributed by atoms with Crippen molar-refractivity contribution in [3.05, 3.63) is 77.6 Å². The zero-order valence-corrected chi connectivity index (χ0v) is 12.5. The molecule has 0 bridgehead atoms. The number of para-hydroxylation sites is 2. The maximum atomic E-state index is 5.91. The number of nitrogens with zero attached hydrogens (tertiary/aromatic N) is 3. The summed E-state index contributed by atoms with van der Waals surface area (Å²) in [6.07, 6.45) is 4.49. The molecule has 0 radical (unpaired) electrons. The number of fused-ring (bicyclic) bond motifs is 1. The van der Waals surface area contributed by atoms with Crippen molar-refractivity contribution in [2.75, 3.05) is 0 Å². The van der Waals surface area contributed by atoms with Gasteiger partial charge in [-0.25, -0.2) is 9.97 Å². The average molecular weight is 309 g/mol. The fourth-order valence-electron chi connectivity index (χ4n) is 2.47. The number of benzene rings is 2. The molecule has 4 rings (SSSR count). The van der Waals surface area contributed by atoms with Gasteiger partial charge in [-0.05, 0) is 36.4 Å². The van der Waals surface area contributed by atoms with Crippen LogP contribution < -0.4 is 0 Å². The predicted octanol–water partition coefficient (Wildman–Crippen LogP) is 3.99. The monoisotopic (exact) mass is 308 g/mol. The highest BCUT2D eigenvalue weighted by molar-refractivity contribution is 6.30. The van der Waals surface area contributed by atoms with Crippen molar-refractivity contribution < 1.29 is 0 Å². The van der Waals surface area contributed by atoms with Crippen LogP contribution >= 0.6 is 11.6 Å². The molecule has 108 valence electrons. The molecule has 0 saturated carbocycles. The van der Waals surface area contributed by atoms with E-state index in [0.717, 1.165) is 33.3 Å². The van der Waals surface area contributed by atoms with Gasteiger partial charge in [0.15, 0.2) is 0 Å². The van der Waals surface area contributed by atoms with Crippen LogP contribution in [0.4, 0.5) is 0 Å². The second-order valence-electron chi connectivity index (χ2n) is 5.13. The number of halogens is 1. The summed E-state index contributed by atoms with van der Waals surface area (Å²) in [5.74, 6) is 0.919. The summed E-state index contributed by atoms with van der Waals surface area (Å²) < 4.78 is 1.98. The average Bonchev–Trinajstić information content (AvgIpc) is 3.14. The van der Waals surface area contributed by atoms with Crippen molar-refractivity contribution in [3.63, 3.8) is 0 Å². The molecular weight excluding hydrogens is 296 g/mol. The smallest absolute Gasteiger partial charge is 0.113 e. The molecule has 0 spiro atoms. The summed E-state index contributed by atoms with van der Waals surface area (Å²) in [5.41, 5.74) is 4.03. The van der Waals surface area contributed by atoms with Gasteiger partial charge in [-0.15, -0.1) is 0 Å². The number of H-pyrrole nitrogens is 1. The number of aromatic nitrogens is 4. The van der Waals surface area contributed by atoms with Crippen LogP contribution in [0.1, 0.15) is 11.5 Å². The molecular formula is C17H13ClN4. The van der Waals surface area contributed by atoms with Crippen molar-refractivity contribution >= 4 is 22.6 Å². The van der Waals surface area contributed by atoms with E-state index in [9.17, 15) is 0 Å². The third-order valence-electron chi connectivity index (χ3n) is 3.55. The van der Waals surface area contributed by atoms with Crippen molar-refractivity contribution in [1.29, 1.82) is 0 Å². The first-order valence-corrected chi connectivity index (χ1v) is 7.38. The van der Waals surface area contributed by atoms with E-state index in [0.29, 0.717) is 6.42 Å². The van der Waals surface area contributed by atoms with Gasteiger partial charge < -0.3 is 9.55 Å². The van der Waals surface area contributed by atoms with Gasteiger partial charge >= 0.3 is 0 Å². The number of rotatable bonds is 3. The maximum absolute atomic E-state index is 5.91. The topological polar surface area (TPSA) is 46.5 Å². The second-order valence-corrected chi connectivity index (χ2v) is 5.56. The Morgan fingerprint density at radius 1 is 1.05 bits per heavy atom. The number of hydrogen-bond acceptors (Lipinski definition) is 2. The Bertz CT molecular complexity index is 888. The first kappa shape index (κ1) is 13.1. The van der Waals surface area contributed by atoms with Crippen molar-refractivity contribution in [3.8, 4) is 5.69 Å². The first-order chi connectivity index (χ1) is 10.8. The molecule has 22 heavy (non-hydrogen) atoms. The van der Waals surface area contributed by atoms with E-state index in [-0.39, 0.29) is 0 Å². The molecule has 0 unspecified atom stereocenters. The highest BCUT2D eigenvalue weighted by Gasteiger charge is 2.06. The van der Waals surface area contributed by atoms with E-state index >= 15 is 0 Å². The molecule has 0 saturated heterocycles. The van der Waals surface area contributed by atoms with Crippen LogP contribution in [0, 0.1) is 0 Å². The Balaban J connectivity index is 1.60. The van der Waals surface area contributed by atoms with Crippen LogP contribution in [-0.4, -0.2) is 19.5 Å². The fraction of sp³-hybridized carbons (Fsp3) is 0.0588. The lowest BCUT2D eigenvalue weighted by atomic mass is 10.3. The normalized spacial score (nSPS) is 11.1. The molecule has 0 aliphatic carbocycles. The third kappa shape index (κ3) is 2.49. The largest absolute Gasteiger partial charge is 0.342 e. The second kappa shape index (κ2) is 5.31. The zero-order chi connectivity index (χ0) is 14.9. The number of aromatic amines is 1. The van der Waals surface area contributed by atoms with Crippen LogP contribution in [0.2, 0.25) is 5.02 Å². The molecule has 1 N–H and O–H groups in total. The third-order valence-corrected chi connectivity index (χ3v) is 3.80. The van der Waals surface area contributed by atoms with Gasteiger partial charge in [-0.1, -0.05) is 23.7 Å². The summed E-state index contributed by atoms with van der Waals surface area (Å²) in [7, 11) is 0. The molecule has 0 fully saturated rings. The standard InChI is InChI=1S/C17H13ClN4/c18-12-5-7-14(8-6-12)22-10-13(19-11-22)9-17-20-15-3-1-2-4-16(15)21-17/h1-8,10-11H,9H2,(H,20,21). The number of imidazole rings is 2. The maximum Gasteiger partial charge on any atom is 0.113 e. The molecule has 0 aliphatic heterocycles. The molecule has 0 amide bonds. The Morgan fingerprint density at radius 2 is 1.86 bits per heavy atom. The molecule has 4 nitrogen and oxygen atoms in total. The molecule has 2 aromatic heterocycles. The SMILES string of the molecule is Clc1ccc(-n2cnc(Cc3nc4ccccc4[nH]3)c2)cc1. The summed E-state index contributed by atoms with van der Waals surface area (Å²) in [6, 6.07) is 15.7. The Kier molecular flexibility index (Phi) is 3.16. The van der Waals surface area contributed by atoms with Gasteiger partial charge in [-0.3, -0.25) is 0 Å². The van der Waals surface area contributed by atoms with Gasteiger partial charge in [0.1, 0.15) is 5.82 Å². The Hall–Kier alpha value is -2.59. The van der Waals surface area contributed by atoms with Gasteiger partial charge in [0, 0.05) is 23.3 Å². The lowest BCUT2D eigenvalue weighted by molar-refractivity contribution is 0.999. The van der Waals surface area contributed by atoms with Crippen molar-refractivity contribution in [2.45, 2.75) is 6.42 Å². The first-order valence-electron chi connectivity index (χ1n) is 7.00. The highest BCUT2D eigenvalue weighted by atomic mass is 35.5. The molecule has 0 aliphatic rings. The van der Waals surface area contributed by atoms with Crippen LogP contribution in [0.5, 0.6) is 0 Å². The minimum absolute atomic E-state index is 0.676. The summed E-state index contributed by atoms with van der Waals surface area (Å²) in [4.78, 5) is 12.4. The van der Waals surface area contributed by atoms with E-state index in [2.05, 4.69) is 15.0 Å². The van der Waals surface area contributed by atoms with Crippen molar-refractivity contribution in [1.82, 2.24) is 19.5 Å². The number of nitrogens with one attached hydrogen (secondary N) is 1. The Labute approximate surface area is 132 Å². The summed E-state index contributed by atoms with van der Waals surface area (Å²) in [6.45, 7) is 0. The molecule has 2 heterocycles. The van der Waals surface area contributed by atoms with Gasteiger partial charge in [-0.2, -0.15) is 0 Å². The van der Waals surface area contributed by atoms with Gasteiger partial charge in [0.05, 0.1) is 23.1 Å². The van der Waals surface area contributed by atoms with E-state index in [4.69, 9.17) is 11.6 Å². The van der Waals surface area contributed by atoms with Crippen LogP contribution in [0.25, 0.3) is 16.7 Å². The van der Waals surface area contributed by atoms with Crippen LogP contribution in [0.3, 0.4) is 0 Å². The summed E-state index contributed by atoms with van der Waals surface area (Å²) >= 11 is 5.91. The van der Waals surface area contributed by atoms with Gasteiger partial charge in [0.25, 0.3) is 0 Å². The fourth-order valence-corrected chi connectivity index (χ4v) is 2.60. The highest BCUT2D eigenvalue weighted by Crippen LogP contribution is 2.16. The quantitative estimate of drug-likeness (QED) is 0.622. The molecule has 0 atom stereocenters. The van der Waals surface area contributed by atoms with Crippen LogP contribution in [0.15, 0.2) is 61.1 Å². The van der Waals surface area contributed by atoms with E-state index < -0.39 is 0 Å². The zero-order valence-electron chi connectivity index (χ0n) is 11.7. The lowest BCUT2D eigenvalue weighted by Gasteiger charge is -2.00. The van der Waals surface area contributed by atoms with E-state index in [1.807, 2.05) is 59.3 Å². The van der Waals surface area contributed by atoms with E-state index in [1.165, 1.54) is 0 Å². The Morgan fingerprint density at radius 3 is 2.68 bits per heavy atom. The molecule has 5 heteroatoms. The summed E-state index contributed by atoms with van der Waals surface area (Å²) in [5, 5.41) is 0.728. The molecule has 4 aromatic rings. The van der Waals surface area contributed by atoms with Crippen LogP contribution in [-0.2, 0) is 6.42 Å². The predicted molar refractivity (Wildman–Crippen MR) is 87.5 cm³/mol. The van der Waals surface area contributed by atoms with Gasteiger partial charge in [0.2, 0.25) is 0 Å².